The van der Waals surface area contributed by atoms with Crippen molar-refractivity contribution in [2.24, 2.45) is 0 Å². The number of aliphatic hydroxyl groups excluding tert-OH is 2. The van der Waals surface area contributed by atoms with E-state index in [-0.39, 0.29) is 24.8 Å². The van der Waals surface area contributed by atoms with E-state index in [0.717, 1.165) is 16.7 Å². The van der Waals surface area contributed by atoms with Gasteiger partial charge in [-0.2, -0.15) is 0 Å². The van der Waals surface area contributed by atoms with Crippen molar-refractivity contribution >= 4 is 35.0 Å². The number of hydrogen-bond donors (Lipinski definition) is 5. The molecule has 174 valence electrons. The number of hydrogen-bond acceptors (Lipinski definition) is 7. The Morgan fingerprint density at radius 2 is 2.00 bits per heavy atom. The molecule has 0 radical (unpaired) electrons. The monoisotopic (exact) mass is 472 g/mol. The van der Waals surface area contributed by atoms with Crippen LogP contribution < -0.4 is 16.0 Å². The zero-order chi connectivity index (χ0) is 23.5. The maximum absolute atomic E-state index is 12.8. The number of carbonyl (C=O) groups is 3. The van der Waals surface area contributed by atoms with Crippen LogP contribution in [0.2, 0.25) is 5.02 Å². The van der Waals surface area contributed by atoms with Crippen molar-refractivity contribution in [3.8, 4) is 0 Å². The zero-order valence-corrected chi connectivity index (χ0v) is 18.6. The van der Waals surface area contributed by atoms with E-state index < -0.39 is 18.3 Å². The summed E-state index contributed by atoms with van der Waals surface area (Å²) < 4.78 is 0. The summed E-state index contributed by atoms with van der Waals surface area (Å²) in [5.74, 6) is -0.973. The standard InChI is InChI=1S/C23H25ClN4O5/c24-18-10-16(3-2-14(18)7-8-29)26-23(33)25-11-13-1-4-17-15(9-13)12-28(22(17)32)19-5-6-20(30)27-21(19)31/h1-4,9-10,19,23,25-26,29,33H,5-8,11-12H2,(H,27,30,31). The summed E-state index contributed by atoms with van der Waals surface area (Å²) in [7, 11) is 0. The summed E-state index contributed by atoms with van der Waals surface area (Å²) in [4.78, 5) is 37.8. The summed E-state index contributed by atoms with van der Waals surface area (Å²) in [6.07, 6.45) is -0.0466. The smallest absolute Gasteiger partial charge is 0.255 e. The number of imide groups is 1. The van der Waals surface area contributed by atoms with Crippen molar-refractivity contribution < 1.29 is 24.6 Å². The molecule has 0 bridgehead atoms. The van der Waals surface area contributed by atoms with Gasteiger partial charge in [-0.15, -0.1) is 0 Å². The molecule has 9 nitrogen and oxygen atoms in total. The SMILES string of the molecule is O=C1CCC(N2Cc3cc(CNC(O)Nc4ccc(CCO)c(Cl)c4)ccc3C2=O)C(=O)N1. The van der Waals surface area contributed by atoms with Gasteiger partial charge in [0.05, 0.1) is 0 Å². The van der Waals surface area contributed by atoms with Gasteiger partial charge in [0, 0.05) is 42.4 Å². The molecule has 2 aromatic carbocycles. The molecule has 2 unspecified atom stereocenters. The van der Waals surface area contributed by atoms with E-state index in [2.05, 4.69) is 16.0 Å². The van der Waals surface area contributed by atoms with Gasteiger partial charge in [-0.25, -0.2) is 0 Å². The Balaban J connectivity index is 1.35. The Kier molecular flexibility index (Phi) is 6.94. The van der Waals surface area contributed by atoms with Gasteiger partial charge in [-0.05, 0) is 47.7 Å². The van der Waals surface area contributed by atoms with Crippen LogP contribution in [0.3, 0.4) is 0 Å². The maximum atomic E-state index is 12.8. The highest BCUT2D eigenvalue weighted by molar-refractivity contribution is 6.31. The van der Waals surface area contributed by atoms with E-state index in [0.29, 0.717) is 42.2 Å². The van der Waals surface area contributed by atoms with Gasteiger partial charge in [0.1, 0.15) is 6.04 Å². The predicted molar refractivity (Wildman–Crippen MR) is 121 cm³/mol. The second kappa shape index (κ2) is 9.88. The maximum Gasteiger partial charge on any atom is 0.255 e. The molecule has 3 amide bonds. The van der Waals surface area contributed by atoms with Crippen LogP contribution in [0.1, 0.15) is 39.9 Å². The second-order valence-electron chi connectivity index (χ2n) is 8.10. The lowest BCUT2D eigenvalue weighted by atomic mass is 10.0. The zero-order valence-electron chi connectivity index (χ0n) is 17.8. The number of aliphatic hydroxyl groups is 2. The molecule has 5 N–H and O–H groups in total. The first-order chi connectivity index (χ1) is 15.9. The Hall–Kier alpha value is -2.98. The molecule has 2 aliphatic rings. The van der Waals surface area contributed by atoms with Crippen molar-refractivity contribution in [3.05, 3.63) is 63.7 Å². The van der Waals surface area contributed by atoms with E-state index in [9.17, 15) is 19.5 Å². The van der Waals surface area contributed by atoms with Crippen LogP contribution in [-0.4, -0.2) is 51.8 Å². The topological polar surface area (TPSA) is 131 Å². The van der Waals surface area contributed by atoms with Crippen LogP contribution in [-0.2, 0) is 29.1 Å². The number of rotatable bonds is 8. The molecular formula is C23H25ClN4O5. The van der Waals surface area contributed by atoms with Gasteiger partial charge < -0.3 is 20.4 Å². The first-order valence-corrected chi connectivity index (χ1v) is 11.1. The predicted octanol–water partition coefficient (Wildman–Crippen LogP) is 1.11. The van der Waals surface area contributed by atoms with Crippen LogP contribution in [0.15, 0.2) is 36.4 Å². The van der Waals surface area contributed by atoms with Crippen LogP contribution >= 0.6 is 11.6 Å². The lowest BCUT2D eigenvalue weighted by Crippen LogP contribution is -2.52. The molecule has 10 heteroatoms. The number of amides is 3. The van der Waals surface area contributed by atoms with Crippen molar-refractivity contribution in [1.82, 2.24) is 15.5 Å². The van der Waals surface area contributed by atoms with E-state index in [1.54, 1.807) is 30.3 Å². The summed E-state index contributed by atoms with van der Waals surface area (Å²) in [5, 5.41) is 28.0. The third-order valence-electron chi connectivity index (χ3n) is 5.83. The third-order valence-corrected chi connectivity index (χ3v) is 6.18. The second-order valence-corrected chi connectivity index (χ2v) is 8.51. The summed E-state index contributed by atoms with van der Waals surface area (Å²) >= 11 is 6.19. The molecule has 0 spiro atoms. The van der Waals surface area contributed by atoms with Gasteiger partial charge in [0.2, 0.25) is 11.8 Å². The highest BCUT2D eigenvalue weighted by Crippen LogP contribution is 2.28. The average Bonchev–Trinajstić information content (AvgIpc) is 3.10. The minimum absolute atomic E-state index is 0.00827. The first-order valence-electron chi connectivity index (χ1n) is 10.7. The number of fused-ring (bicyclic) bond motifs is 1. The number of nitrogens with zero attached hydrogens (tertiary/aromatic N) is 1. The Bertz CT molecular complexity index is 1090. The molecule has 0 aliphatic carbocycles. The van der Waals surface area contributed by atoms with Crippen LogP contribution in [0.25, 0.3) is 0 Å². The van der Waals surface area contributed by atoms with Gasteiger partial charge in [0.25, 0.3) is 5.91 Å². The summed E-state index contributed by atoms with van der Waals surface area (Å²) in [5.41, 5.74) is 3.66. The number of anilines is 1. The Morgan fingerprint density at radius 3 is 2.73 bits per heavy atom. The number of piperidine rings is 1. The molecule has 1 saturated heterocycles. The summed E-state index contributed by atoms with van der Waals surface area (Å²) in [6, 6.07) is 9.99. The molecule has 0 aromatic heterocycles. The molecule has 2 heterocycles. The average molecular weight is 473 g/mol. The minimum Gasteiger partial charge on any atom is -0.396 e. The number of halogens is 1. The fourth-order valence-electron chi connectivity index (χ4n) is 4.12. The fourth-order valence-corrected chi connectivity index (χ4v) is 4.40. The van der Waals surface area contributed by atoms with Crippen molar-refractivity contribution in [2.45, 2.75) is 44.7 Å². The normalized spacial score (nSPS) is 18.8. The van der Waals surface area contributed by atoms with E-state index in [4.69, 9.17) is 16.7 Å². The van der Waals surface area contributed by atoms with Gasteiger partial charge in [-0.1, -0.05) is 29.8 Å². The Morgan fingerprint density at radius 1 is 1.18 bits per heavy atom. The van der Waals surface area contributed by atoms with Crippen LogP contribution in [0, 0.1) is 0 Å². The van der Waals surface area contributed by atoms with E-state index in [1.807, 2.05) is 6.07 Å². The molecule has 1 fully saturated rings. The molecular weight excluding hydrogens is 448 g/mol. The largest absolute Gasteiger partial charge is 0.396 e. The number of nitrogens with one attached hydrogen (secondary N) is 3. The molecule has 0 saturated carbocycles. The molecule has 2 aromatic rings. The highest BCUT2D eigenvalue weighted by atomic mass is 35.5. The Labute approximate surface area is 195 Å². The van der Waals surface area contributed by atoms with Crippen molar-refractivity contribution in [1.29, 1.82) is 0 Å². The summed E-state index contributed by atoms with van der Waals surface area (Å²) in [6.45, 7) is 0.645. The van der Waals surface area contributed by atoms with Crippen molar-refractivity contribution in [3.63, 3.8) is 0 Å². The number of carbonyl (C=O) groups excluding carboxylic acids is 3. The third kappa shape index (κ3) is 5.17. The van der Waals surface area contributed by atoms with E-state index in [1.165, 1.54) is 4.90 Å². The lowest BCUT2D eigenvalue weighted by molar-refractivity contribution is -0.136. The minimum atomic E-state index is -1.04. The molecule has 2 aliphatic heterocycles. The number of benzene rings is 2. The van der Waals surface area contributed by atoms with Gasteiger partial charge in [-0.3, -0.25) is 25.0 Å². The molecule has 33 heavy (non-hydrogen) atoms. The van der Waals surface area contributed by atoms with Gasteiger partial charge >= 0.3 is 0 Å². The molecule has 4 rings (SSSR count). The lowest BCUT2D eigenvalue weighted by Gasteiger charge is -2.29. The van der Waals surface area contributed by atoms with E-state index >= 15 is 0 Å². The van der Waals surface area contributed by atoms with Crippen LogP contribution in [0.4, 0.5) is 5.69 Å². The molecule has 2 atom stereocenters. The first kappa shape index (κ1) is 23.2. The fraction of sp³-hybridized carbons (Fsp3) is 0.348. The van der Waals surface area contributed by atoms with Crippen molar-refractivity contribution in [2.75, 3.05) is 11.9 Å². The van der Waals surface area contributed by atoms with Crippen LogP contribution in [0.5, 0.6) is 0 Å². The van der Waals surface area contributed by atoms with Gasteiger partial charge in [0.15, 0.2) is 6.35 Å². The highest BCUT2D eigenvalue weighted by Gasteiger charge is 2.39. The quantitative estimate of drug-likeness (QED) is 0.287.